The summed E-state index contributed by atoms with van der Waals surface area (Å²) in [4.78, 5) is 2.51. The molecule has 0 atom stereocenters. The number of rotatable bonds is 2. The van der Waals surface area contributed by atoms with E-state index in [1.807, 2.05) is 0 Å². The Morgan fingerprint density at radius 2 is 1.87 bits per heavy atom. The van der Waals surface area contributed by atoms with E-state index in [2.05, 4.69) is 41.4 Å². The standard InChI is InChI=1S/C12H18N2.ClH/c1-11-4-2-3-5-12(11)10-14-8-6-13-7-9-14;/h2-5,13H,6-10H2,1H3;1H. The Morgan fingerprint density at radius 1 is 1.20 bits per heavy atom. The van der Waals surface area contributed by atoms with Crippen LogP contribution < -0.4 is 5.32 Å². The van der Waals surface area contributed by atoms with Gasteiger partial charge in [0.1, 0.15) is 0 Å². The second-order valence-corrected chi connectivity index (χ2v) is 3.95. The first-order valence-corrected chi connectivity index (χ1v) is 5.34. The number of hydrogen-bond acceptors (Lipinski definition) is 2. The Labute approximate surface area is 98.1 Å². The van der Waals surface area contributed by atoms with Crippen LogP contribution in [0.25, 0.3) is 0 Å². The Kier molecular flexibility index (Phi) is 5.09. The lowest BCUT2D eigenvalue weighted by molar-refractivity contribution is 0.233. The van der Waals surface area contributed by atoms with Gasteiger partial charge in [-0.25, -0.2) is 0 Å². The SMILES string of the molecule is Cc1ccccc1CN1CCNCC1.Cl. The summed E-state index contributed by atoms with van der Waals surface area (Å²) in [6.45, 7) is 7.91. The third-order valence-corrected chi connectivity index (χ3v) is 2.86. The minimum Gasteiger partial charge on any atom is -0.314 e. The maximum atomic E-state index is 3.37. The highest BCUT2D eigenvalue weighted by Gasteiger charge is 2.10. The van der Waals surface area contributed by atoms with Crippen LogP contribution in [0.15, 0.2) is 24.3 Å². The molecule has 84 valence electrons. The lowest BCUT2D eigenvalue weighted by Gasteiger charge is -2.27. The van der Waals surface area contributed by atoms with E-state index in [0.717, 1.165) is 19.6 Å². The fraction of sp³-hybridized carbons (Fsp3) is 0.500. The van der Waals surface area contributed by atoms with Gasteiger partial charge in [-0.05, 0) is 18.1 Å². The van der Waals surface area contributed by atoms with Crippen molar-refractivity contribution in [2.45, 2.75) is 13.5 Å². The molecule has 3 heteroatoms. The molecule has 1 heterocycles. The molecule has 2 nitrogen and oxygen atoms in total. The smallest absolute Gasteiger partial charge is 0.0237 e. The maximum absolute atomic E-state index is 3.37. The van der Waals surface area contributed by atoms with Crippen LogP contribution in [0, 0.1) is 6.92 Å². The summed E-state index contributed by atoms with van der Waals surface area (Å²) in [5.74, 6) is 0. The van der Waals surface area contributed by atoms with Crippen molar-refractivity contribution in [1.82, 2.24) is 10.2 Å². The molecule has 0 aromatic heterocycles. The highest BCUT2D eigenvalue weighted by Crippen LogP contribution is 2.10. The predicted octanol–water partition coefficient (Wildman–Crippen LogP) is 1.82. The van der Waals surface area contributed by atoms with Gasteiger partial charge in [0.25, 0.3) is 0 Å². The summed E-state index contributed by atoms with van der Waals surface area (Å²) in [6, 6.07) is 8.66. The second-order valence-electron chi connectivity index (χ2n) is 3.95. The van der Waals surface area contributed by atoms with Crippen LogP contribution in [0.1, 0.15) is 11.1 Å². The Morgan fingerprint density at radius 3 is 2.53 bits per heavy atom. The fourth-order valence-corrected chi connectivity index (χ4v) is 1.90. The van der Waals surface area contributed by atoms with E-state index >= 15 is 0 Å². The van der Waals surface area contributed by atoms with Gasteiger partial charge in [-0.1, -0.05) is 24.3 Å². The van der Waals surface area contributed by atoms with Crippen LogP contribution in [0.4, 0.5) is 0 Å². The number of benzene rings is 1. The molecule has 1 saturated heterocycles. The van der Waals surface area contributed by atoms with E-state index in [4.69, 9.17) is 0 Å². The first-order valence-electron chi connectivity index (χ1n) is 5.34. The molecule has 1 aliphatic heterocycles. The van der Waals surface area contributed by atoms with Crippen molar-refractivity contribution in [3.05, 3.63) is 35.4 Å². The molecule has 0 amide bonds. The van der Waals surface area contributed by atoms with Crippen molar-refractivity contribution in [3.8, 4) is 0 Å². The summed E-state index contributed by atoms with van der Waals surface area (Å²) in [5, 5.41) is 3.37. The monoisotopic (exact) mass is 226 g/mol. The van der Waals surface area contributed by atoms with Crippen molar-refractivity contribution in [2.24, 2.45) is 0 Å². The average molecular weight is 227 g/mol. The molecule has 0 unspecified atom stereocenters. The van der Waals surface area contributed by atoms with Crippen molar-refractivity contribution in [3.63, 3.8) is 0 Å². The van der Waals surface area contributed by atoms with Gasteiger partial charge in [-0.3, -0.25) is 4.90 Å². The predicted molar refractivity (Wildman–Crippen MR) is 66.6 cm³/mol. The molecule has 1 aliphatic rings. The topological polar surface area (TPSA) is 15.3 Å². The molecule has 0 bridgehead atoms. The van der Waals surface area contributed by atoms with Gasteiger partial charge >= 0.3 is 0 Å². The first kappa shape index (κ1) is 12.5. The Balaban J connectivity index is 0.00000112. The van der Waals surface area contributed by atoms with E-state index in [1.54, 1.807) is 0 Å². The molecule has 2 rings (SSSR count). The molecule has 0 saturated carbocycles. The minimum absolute atomic E-state index is 0. The van der Waals surface area contributed by atoms with Crippen molar-refractivity contribution >= 4 is 12.4 Å². The zero-order valence-corrected chi connectivity index (χ0v) is 10.0. The van der Waals surface area contributed by atoms with Crippen molar-refractivity contribution in [1.29, 1.82) is 0 Å². The summed E-state index contributed by atoms with van der Waals surface area (Å²) in [7, 11) is 0. The summed E-state index contributed by atoms with van der Waals surface area (Å²) in [6.07, 6.45) is 0. The Bertz CT molecular complexity index is 295. The zero-order chi connectivity index (χ0) is 9.80. The quantitative estimate of drug-likeness (QED) is 0.828. The van der Waals surface area contributed by atoms with Crippen LogP contribution in [0.5, 0.6) is 0 Å². The zero-order valence-electron chi connectivity index (χ0n) is 9.20. The van der Waals surface area contributed by atoms with E-state index in [9.17, 15) is 0 Å². The number of aryl methyl sites for hydroxylation is 1. The minimum atomic E-state index is 0. The van der Waals surface area contributed by atoms with Gasteiger partial charge in [-0.15, -0.1) is 12.4 Å². The van der Waals surface area contributed by atoms with Gasteiger partial charge in [0, 0.05) is 32.7 Å². The number of hydrogen-bond donors (Lipinski definition) is 1. The maximum Gasteiger partial charge on any atom is 0.0237 e. The lowest BCUT2D eigenvalue weighted by Crippen LogP contribution is -2.42. The molecule has 1 N–H and O–H groups in total. The summed E-state index contributed by atoms with van der Waals surface area (Å²) in [5.41, 5.74) is 2.88. The number of nitrogens with one attached hydrogen (secondary N) is 1. The first-order chi connectivity index (χ1) is 6.86. The molecule has 1 aromatic carbocycles. The van der Waals surface area contributed by atoms with Crippen LogP contribution in [0.2, 0.25) is 0 Å². The van der Waals surface area contributed by atoms with Crippen LogP contribution >= 0.6 is 12.4 Å². The molecule has 0 spiro atoms. The largest absolute Gasteiger partial charge is 0.314 e. The highest BCUT2D eigenvalue weighted by atomic mass is 35.5. The van der Waals surface area contributed by atoms with Gasteiger partial charge in [-0.2, -0.15) is 0 Å². The number of halogens is 1. The second kappa shape index (κ2) is 6.11. The third-order valence-electron chi connectivity index (χ3n) is 2.86. The van der Waals surface area contributed by atoms with Crippen molar-refractivity contribution in [2.75, 3.05) is 26.2 Å². The van der Waals surface area contributed by atoms with Gasteiger partial charge < -0.3 is 5.32 Å². The molecule has 1 fully saturated rings. The van der Waals surface area contributed by atoms with Crippen molar-refractivity contribution < 1.29 is 0 Å². The molecule has 1 aromatic rings. The molecule has 0 aliphatic carbocycles. The van der Waals surface area contributed by atoms with Gasteiger partial charge in [0.15, 0.2) is 0 Å². The fourth-order valence-electron chi connectivity index (χ4n) is 1.90. The van der Waals surface area contributed by atoms with Gasteiger partial charge in [0.2, 0.25) is 0 Å². The Hall–Kier alpha value is -0.570. The summed E-state index contributed by atoms with van der Waals surface area (Å²) >= 11 is 0. The van der Waals surface area contributed by atoms with Gasteiger partial charge in [0.05, 0.1) is 0 Å². The van der Waals surface area contributed by atoms with E-state index < -0.39 is 0 Å². The normalized spacial score (nSPS) is 17.1. The lowest BCUT2D eigenvalue weighted by atomic mass is 10.1. The number of piperazine rings is 1. The van der Waals surface area contributed by atoms with E-state index in [0.29, 0.717) is 0 Å². The molecule has 15 heavy (non-hydrogen) atoms. The average Bonchev–Trinajstić information content (AvgIpc) is 2.23. The summed E-state index contributed by atoms with van der Waals surface area (Å²) < 4.78 is 0. The highest BCUT2D eigenvalue weighted by molar-refractivity contribution is 5.85. The van der Waals surface area contributed by atoms with Crippen LogP contribution in [-0.2, 0) is 6.54 Å². The number of nitrogens with zero attached hydrogens (tertiary/aromatic N) is 1. The van der Waals surface area contributed by atoms with E-state index in [-0.39, 0.29) is 12.4 Å². The molecular formula is C12H19ClN2. The molecular weight excluding hydrogens is 208 g/mol. The third kappa shape index (κ3) is 3.49. The van der Waals surface area contributed by atoms with E-state index in [1.165, 1.54) is 24.2 Å². The van der Waals surface area contributed by atoms with Crippen LogP contribution in [-0.4, -0.2) is 31.1 Å². The van der Waals surface area contributed by atoms with Crippen LogP contribution in [0.3, 0.4) is 0 Å². The molecule has 0 radical (unpaired) electrons.